The molecule has 0 spiro atoms. The number of carbonyl (C=O) groups is 1. The van der Waals surface area contributed by atoms with Gasteiger partial charge >= 0.3 is 0 Å². The molecular formula is C27H25N3O4S. The van der Waals surface area contributed by atoms with Crippen LogP contribution in [0.1, 0.15) is 16.7 Å². The highest BCUT2D eigenvalue weighted by Crippen LogP contribution is 2.25. The zero-order valence-corrected chi connectivity index (χ0v) is 20.2. The van der Waals surface area contributed by atoms with Crippen LogP contribution in [0, 0.1) is 6.92 Å². The van der Waals surface area contributed by atoms with Crippen molar-refractivity contribution in [1.29, 1.82) is 0 Å². The van der Waals surface area contributed by atoms with Crippen LogP contribution in [0.15, 0.2) is 88.8 Å². The molecule has 4 rings (SSSR count). The molecule has 7 nitrogen and oxygen atoms in total. The normalized spacial score (nSPS) is 10.7. The smallest absolute Gasteiger partial charge is 0.266 e. The van der Waals surface area contributed by atoms with Crippen molar-refractivity contribution in [2.24, 2.45) is 0 Å². The van der Waals surface area contributed by atoms with Gasteiger partial charge in [-0.1, -0.05) is 59.8 Å². The second kappa shape index (κ2) is 10.9. The summed E-state index contributed by atoms with van der Waals surface area (Å²) in [6, 6.07) is 23.8. The summed E-state index contributed by atoms with van der Waals surface area (Å²) in [6.07, 6.45) is 0.230. The second-order valence-electron chi connectivity index (χ2n) is 7.90. The fraction of sp³-hybridized carbons (Fsp3) is 0.148. The highest BCUT2D eigenvalue weighted by atomic mass is 32.2. The maximum absolute atomic E-state index is 13.6. The number of nitrogens with one attached hydrogen (secondary N) is 1. The Bertz CT molecular complexity index is 1370. The van der Waals surface area contributed by atoms with E-state index in [1.54, 1.807) is 31.4 Å². The number of methoxy groups -OCH3 is 1. The summed E-state index contributed by atoms with van der Waals surface area (Å²) >= 11 is 1.07. The molecule has 0 saturated heterocycles. The van der Waals surface area contributed by atoms with E-state index in [1.165, 1.54) is 4.57 Å². The van der Waals surface area contributed by atoms with Crippen LogP contribution >= 0.6 is 11.8 Å². The summed E-state index contributed by atoms with van der Waals surface area (Å²) < 4.78 is 6.65. The Morgan fingerprint density at radius 1 is 1.03 bits per heavy atom. The number of anilines is 1. The summed E-state index contributed by atoms with van der Waals surface area (Å²) in [6.45, 7) is 1.97. The van der Waals surface area contributed by atoms with Crippen LogP contribution in [-0.4, -0.2) is 33.4 Å². The Hall–Kier alpha value is -4.04. The van der Waals surface area contributed by atoms with Crippen molar-refractivity contribution in [1.82, 2.24) is 9.55 Å². The predicted molar refractivity (Wildman–Crippen MR) is 138 cm³/mol. The van der Waals surface area contributed by atoms with Gasteiger partial charge in [0.15, 0.2) is 5.16 Å². The van der Waals surface area contributed by atoms with Gasteiger partial charge in [-0.2, -0.15) is 4.98 Å². The summed E-state index contributed by atoms with van der Waals surface area (Å²) in [5, 5.41) is 13.7. The summed E-state index contributed by atoms with van der Waals surface area (Å²) in [4.78, 5) is 30.4. The molecule has 0 fully saturated rings. The van der Waals surface area contributed by atoms with Crippen molar-refractivity contribution in [2.75, 3.05) is 18.2 Å². The lowest BCUT2D eigenvalue weighted by atomic mass is 10.1. The summed E-state index contributed by atoms with van der Waals surface area (Å²) in [7, 11) is 1.56. The number of carbonyl (C=O) groups excluding carboxylic acids is 1. The molecule has 35 heavy (non-hydrogen) atoms. The van der Waals surface area contributed by atoms with Crippen LogP contribution in [0.25, 0.3) is 5.69 Å². The van der Waals surface area contributed by atoms with E-state index >= 15 is 0 Å². The quantitative estimate of drug-likeness (QED) is 0.279. The third kappa shape index (κ3) is 5.91. The Morgan fingerprint density at radius 2 is 1.71 bits per heavy atom. The first-order valence-corrected chi connectivity index (χ1v) is 12.0. The molecule has 1 amide bonds. The molecule has 2 N–H and O–H groups in total. The van der Waals surface area contributed by atoms with Gasteiger partial charge in [0.1, 0.15) is 5.75 Å². The Morgan fingerprint density at radius 3 is 2.37 bits per heavy atom. The number of nitrogens with zero attached hydrogens (tertiary/aromatic N) is 2. The van der Waals surface area contributed by atoms with E-state index < -0.39 is 5.56 Å². The van der Waals surface area contributed by atoms with E-state index in [0.29, 0.717) is 17.1 Å². The topological polar surface area (TPSA) is 93.4 Å². The van der Waals surface area contributed by atoms with Gasteiger partial charge in [-0.3, -0.25) is 14.2 Å². The minimum Gasteiger partial charge on any atom is -0.497 e. The molecule has 178 valence electrons. The number of hydrogen-bond donors (Lipinski definition) is 2. The fourth-order valence-electron chi connectivity index (χ4n) is 3.50. The molecule has 0 atom stereocenters. The van der Waals surface area contributed by atoms with Crippen LogP contribution in [-0.2, 0) is 11.2 Å². The predicted octanol–water partition coefficient (Wildman–Crippen LogP) is 4.58. The van der Waals surface area contributed by atoms with E-state index in [9.17, 15) is 14.7 Å². The largest absolute Gasteiger partial charge is 0.497 e. The standard InChI is InChI=1S/C27H25N3O4S/c1-18-8-10-20(11-9-18)28-24(31)17-35-27-29-25(32)23(16-19-6-4-3-5-7-19)26(33)30(27)21-12-14-22(34-2)15-13-21/h3-15,32H,16-17H2,1-2H3,(H,28,31). The average Bonchev–Trinajstić information content (AvgIpc) is 2.87. The van der Waals surface area contributed by atoms with Crippen molar-refractivity contribution < 1.29 is 14.6 Å². The minimum absolute atomic E-state index is 0.00788. The number of rotatable bonds is 8. The van der Waals surface area contributed by atoms with Crippen molar-refractivity contribution >= 4 is 23.4 Å². The Labute approximate surface area is 207 Å². The van der Waals surface area contributed by atoms with E-state index in [4.69, 9.17) is 4.74 Å². The van der Waals surface area contributed by atoms with Crippen LogP contribution in [0.5, 0.6) is 11.6 Å². The highest BCUT2D eigenvalue weighted by Gasteiger charge is 2.19. The van der Waals surface area contributed by atoms with Crippen molar-refractivity contribution in [2.45, 2.75) is 18.5 Å². The van der Waals surface area contributed by atoms with Gasteiger partial charge in [0.2, 0.25) is 11.8 Å². The molecule has 0 aliphatic rings. The summed E-state index contributed by atoms with van der Waals surface area (Å²) in [5.41, 5.74) is 2.99. The molecule has 4 aromatic rings. The van der Waals surface area contributed by atoms with Gasteiger partial charge in [0.25, 0.3) is 5.56 Å². The van der Waals surface area contributed by atoms with Gasteiger partial charge < -0.3 is 15.2 Å². The molecule has 3 aromatic carbocycles. The van der Waals surface area contributed by atoms with Gasteiger partial charge in [0.05, 0.1) is 24.1 Å². The zero-order chi connectivity index (χ0) is 24.8. The minimum atomic E-state index is -0.395. The van der Waals surface area contributed by atoms with Crippen LogP contribution in [0.3, 0.4) is 0 Å². The van der Waals surface area contributed by atoms with E-state index in [2.05, 4.69) is 10.3 Å². The van der Waals surface area contributed by atoms with E-state index in [1.807, 2.05) is 61.5 Å². The Balaban J connectivity index is 1.66. The van der Waals surface area contributed by atoms with Crippen LogP contribution in [0.4, 0.5) is 5.69 Å². The molecule has 0 aliphatic heterocycles. The number of ether oxygens (including phenoxy) is 1. The van der Waals surface area contributed by atoms with Crippen LogP contribution < -0.4 is 15.6 Å². The van der Waals surface area contributed by atoms with Gasteiger partial charge in [-0.25, -0.2) is 0 Å². The number of benzene rings is 3. The SMILES string of the molecule is COc1ccc(-n2c(SCC(=O)Nc3ccc(C)cc3)nc(O)c(Cc3ccccc3)c2=O)cc1. The monoisotopic (exact) mass is 487 g/mol. The highest BCUT2D eigenvalue weighted by molar-refractivity contribution is 7.99. The van der Waals surface area contributed by atoms with E-state index in [0.717, 1.165) is 22.9 Å². The third-order valence-corrected chi connectivity index (χ3v) is 6.28. The number of thioether (sulfide) groups is 1. The maximum atomic E-state index is 13.6. The lowest BCUT2D eigenvalue weighted by Crippen LogP contribution is -2.26. The number of aromatic hydroxyl groups is 1. The lowest BCUT2D eigenvalue weighted by Gasteiger charge is -2.15. The zero-order valence-electron chi connectivity index (χ0n) is 19.4. The first-order valence-electron chi connectivity index (χ1n) is 11.0. The molecule has 0 unspecified atom stereocenters. The van der Waals surface area contributed by atoms with Crippen molar-refractivity contribution in [3.63, 3.8) is 0 Å². The first kappa shape index (κ1) is 24.1. The number of aromatic nitrogens is 2. The number of amides is 1. The number of aryl methyl sites for hydroxylation is 1. The average molecular weight is 488 g/mol. The molecular weight excluding hydrogens is 462 g/mol. The molecule has 1 heterocycles. The first-order chi connectivity index (χ1) is 16.9. The second-order valence-corrected chi connectivity index (χ2v) is 8.84. The molecule has 0 saturated carbocycles. The van der Waals surface area contributed by atoms with Crippen LogP contribution in [0.2, 0.25) is 0 Å². The molecule has 8 heteroatoms. The van der Waals surface area contributed by atoms with Crippen molar-refractivity contribution in [3.05, 3.63) is 106 Å². The molecule has 0 radical (unpaired) electrons. The van der Waals surface area contributed by atoms with Gasteiger partial charge in [-0.15, -0.1) is 0 Å². The van der Waals surface area contributed by atoms with Gasteiger partial charge in [-0.05, 0) is 48.9 Å². The molecule has 0 bridgehead atoms. The molecule has 1 aromatic heterocycles. The summed E-state index contributed by atoms with van der Waals surface area (Å²) in [5.74, 6) is 0.0607. The Kier molecular flexibility index (Phi) is 7.52. The third-order valence-electron chi connectivity index (χ3n) is 5.35. The van der Waals surface area contributed by atoms with E-state index in [-0.39, 0.29) is 34.7 Å². The number of hydrogen-bond acceptors (Lipinski definition) is 6. The molecule has 0 aliphatic carbocycles. The lowest BCUT2D eigenvalue weighted by molar-refractivity contribution is -0.113. The fourth-order valence-corrected chi connectivity index (χ4v) is 4.30. The van der Waals surface area contributed by atoms with Crippen molar-refractivity contribution in [3.8, 4) is 17.3 Å². The van der Waals surface area contributed by atoms with Gasteiger partial charge in [0, 0.05) is 12.1 Å². The maximum Gasteiger partial charge on any atom is 0.266 e.